The summed E-state index contributed by atoms with van der Waals surface area (Å²) in [5, 5.41) is 2.76. The van der Waals surface area contributed by atoms with Crippen LogP contribution in [-0.2, 0) is 0 Å². The topological polar surface area (TPSA) is 88.3 Å². The van der Waals surface area contributed by atoms with Gasteiger partial charge in [0, 0.05) is 13.1 Å². The molecule has 1 aromatic rings. The molecule has 0 bridgehead atoms. The van der Waals surface area contributed by atoms with Crippen molar-refractivity contribution in [2.45, 2.75) is 32.7 Å². The molecule has 0 aromatic carbocycles. The highest BCUT2D eigenvalue weighted by Crippen LogP contribution is 2.49. The van der Waals surface area contributed by atoms with Crippen molar-refractivity contribution in [1.29, 1.82) is 0 Å². The van der Waals surface area contributed by atoms with Crippen molar-refractivity contribution in [2.75, 3.05) is 12.4 Å². The van der Waals surface area contributed by atoms with Gasteiger partial charge in [0.15, 0.2) is 0 Å². The van der Waals surface area contributed by atoms with Crippen LogP contribution in [0.1, 0.15) is 37.2 Å². The fourth-order valence-corrected chi connectivity index (χ4v) is 2.08. The number of anilines is 1. The molecule has 1 atom stereocenters. The molecule has 1 aromatic heterocycles. The molecule has 0 spiro atoms. The zero-order chi connectivity index (χ0) is 14.9. The first-order chi connectivity index (χ1) is 9.33. The number of carbonyl (C=O) groups excluding carboxylic acids is 2. The average Bonchev–Trinajstić information content (AvgIpc) is 3.17. The molecule has 6 nitrogen and oxygen atoms in total. The van der Waals surface area contributed by atoms with E-state index in [1.165, 1.54) is 12.3 Å². The normalized spacial score (nSPS) is 17.1. The van der Waals surface area contributed by atoms with Gasteiger partial charge in [0.1, 0.15) is 5.69 Å². The zero-order valence-corrected chi connectivity index (χ0v) is 12.0. The molecule has 1 saturated carbocycles. The number of primary amides is 1. The summed E-state index contributed by atoms with van der Waals surface area (Å²) >= 11 is 0. The van der Waals surface area contributed by atoms with Crippen molar-refractivity contribution < 1.29 is 9.59 Å². The summed E-state index contributed by atoms with van der Waals surface area (Å²) in [5.41, 5.74) is 6.06. The minimum atomic E-state index is -0.588. The van der Waals surface area contributed by atoms with Crippen LogP contribution in [0.4, 0.5) is 10.5 Å². The first-order valence-electron chi connectivity index (χ1n) is 6.63. The first kappa shape index (κ1) is 14.3. The van der Waals surface area contributed by atoms with Crippen LogP contribution < -0.4 is 11.1 Å². The van der Waals surface area contributed by atoms with Crippen molar-refractivity contribution in [3.05, 3.63) is 24.0 Å². The highest BCUT2D eigenvalue weighted by molar-refractivity contribution is 5.92. The summed E-state index contributed by atoms with van der Waals surface area (Å²) in [7, 11) is 1.79. The molecular weight excluding hydrogens is 256 g/mol. The molecule has 0 unspecified atom stereocenters. The van der Waals surface area contributed by atoms with E-state index >= 15 is 0 Å². The van der Waals surface area contributed by atoms with Crippen LogP contribution in [-0.4, -0.2) is 34.9 Å². The number of rotatable bonds is 4. The van der Waals surface area contributed by atoms with Crippen LogP contribution in [0.15, 0.2) is 18.3 Å². The maximum absolute atomic E-state index is 12.1. The van der Waals surface area contributed by atoms with E-state index in [-0.39, 0.29) is 23.2 Å². The highest BCUT2D eigenvalue weighted by Gasteiger charge is 2.45. The Morgan fingerprint density at radius 2 is 2.10 bits per heavy atom. The molecule has 2 rings (SSSR count). The molecule has 1 aliphatic carbocycles. The van der Waals surface area contributed by atoms with E-state index in [0.29, 0.717) is 5.69 Å². The molecule has 3 N–H and O–H groups in total. The smallest absolute Gasteiger partial charge is 0.321 e. The van der Waals surface area contributed by atoms with Gasteiger partial charge in [0.05, 0.1) is 11.9 Å². The summed E-state index contributed by atoms with van der Waals surface area (Å²) in [5.74, 6) is -0.588. The van der Waals surface area contributed by atoms with Gasteiger partial charge >= 0.3 is 6.03 Å². The molecule has 20 heavy (non-hydrogen) atoms. The molecule has 6 heteroatoms. The van der Waals surface area contributed by atoms with Gasteiger partial charge in [-0.15, -0.1) is 0 Å². The Morgan fingerprint density at radius 1 is 1.45 bits per heavy atom. The highest BCUT2D eigenvalue weighted by atomic mass is 16.2. The Labute approximate surface area is 118 Å². The Bertz CT molecular complexity index is 522. The van der Waals surface area contributed by atoms with Crippen molar-refractivity contribution in [3.8, 4) is 0 Å². The summed E-state index contributed by atoms with van der Waals surface area (Å²) < 4.78 is 0. The Hall–Kier alpha value is -2.11. The summed E-state index contributed by atoms with van der Waals surface area (Å²) in [6, 6.07) is 3.10. The molecule has 1 aliphatic rings. The SMILES string of the molecule is C[C@@H](N(C)C(=O)Nc1ccc(C(N)=O)nc1)C1(C)CC1. The number of pyridine rings is 1. The Kier molecular flexibility index (Phi) is 3.65. The molecule has 0 radical (unpaired) electrons. The number of nitrogens with two attached hydrogens (primary N) is 1. The minimum absolute atomic E-state index is 0.176. The van der Waals surface area contributed by atoms with Crippen molar-refractivity contribution in [1.82, 2.24) is 9.88 Å². The number of hydrogen-bond acceptors (Lipinski definition) is 3. The van der Waals surface area contributed by atoms with Crippen LogP contribution >= 0.6 is 0 Å². The Morgan fingerprint density at radius 3 is 2.55 bits per heavy atom. The van der Waals surface area contributed by atoms with E-state index in [9.17, 15) is 9.59 Å². The van der Waals surface area contributed by atoms with Crippen LogP contribution in [0.25, 0.3) is 0 Å². The maximum Gasteiger partial charge on any atom is 0.321 e. The third kappa shape index (κ3) is 2.89. The van der Waals surface area contributed by atoms with E-state index in [1.807, 2.05) is 0 Å². The number of carbonyl (C=O) groups is 2. The van der Waals surface area contributed by atoms with Gasteiger partial charge in [-0.25, -0.2) is 9.78 Å². The molecule has 3 amide bonds. The van der Waals surface area contributed by atoms with Crippen molar-refractivity contribution >= 4 is 17.6 Å². The Balaban J connectivity index is 1.98. The second kappa shape index (κ2) is 5.11. The van der Waals surface area contributed by atoms with E-state index in [2.05, 4.69) is 24.1 Å². The van der Waals surface area contributed by atoms with Gasteiger partial charge in [0.2, 0.25) is 0 Å². The second-order valence-electron chi connectivity index (χ2n) is 5.67. The van der Waals surface area contributed by atoms with Crippen molar-refractivity contribution in [2.24, 2.45) is 11.1 Å². The fourth-order valence-electron chi connectivity index (χ4n) is 2.08. The number of nitrogens with one attached hydrogen (secondary N) is 1. The first-order valence-corrected chi connectivity index (χ1v) is 6.63. The standard InChI is InChI=1S/C14H20N4O2/c1-9(14(2)6-7-14)18(3)13(20)17-10-4-5-11(12(15)19)16-8-10/h4-5,8-9H,6-7H2,1-3H3,(H2,15,19)(H,17,20)/t9-/m1/s1. The maximum atomic E-state index is 12.1. The van der Waals surface area contributed by atoms with E-state index in [1.54, 1.807) is 18.0 Å². The molecular formula is C14H20N4O2. The third-order valence-corrected chi connectivity index (χ3v) is 4.22. The molecule has 0 aliphatic heterocycles. The number of nitrogens with zero attached hydrogens (tertiary/aromatic N) is 2. The van der Waals surface area contributed by atoms with Gasteiger partial charge in [-0.05, 0) is 37.3 Å². The lowest BCUT2D eigenvalue weighted by Crippen LogP contribution is -2.42. The predicted octanol–water partition coefficient (Wildman–Crippen LogP) is 1.83. The lowest BCUT2D eigenvalue weighted by atomic mass is 10.00. The number of aromatic nitrogens is 1. The van der Waals surface area contributed by atoms with E-state index < -0.39 is 5.91 Å². The van der Waals surface area contributed by atoms with Gasteiger partial charge in [0.25, 0.3) is 5.91 Å². The van der Waals surface area contributed by atoms with E-state index in [4.69, 9.17) is 5.73 Å². The van der Waals surface area contributed by atoms with Crippen LogP contribution in [0.3, 0.4) is 0 Å². The number of hydrogen-bond donors (Lipinski definition) is 2. The van der Waals surface area contributed by atoms with Gasteiger partial charge in [-0.2, -0.15) is 0 Å². The van der Waals surface area contributed by atoms with Crippen LogP contribution in [0.2, 0.25) is 0 Å². The zero-order valence-electron chi connectivity index (χ0n) is 12.0. The second-order valence-corrected chi connectivity index (χ2v) is 5.67. The quantitative estimate of drug-likeness (QED) is 0.879. The van der Waals surface area contributed by atoms with Crippen LogP contribution in [0, 0.1) is 5.41 Å². The summed E-state index contributed by atoms with van der Waals surface area (Å²) in [4.78, 5) is 28.6. The monoisotopic (exact) mass is 276 g/mol. The molecule has 1 fully saturated rings. The van der Waals surface area contributed by atoms with Crippen molar-refractivity contribution in [3.63, 3.8) is 0 Å². The average molecular weight is 276 g/mol. The minimum Gasteiger partial charge on any atom is -0.364 e. The number of urea groups is 1. The summed E-state index contributed by atoms with van der Waals surface area (Å²) in [6.07, 6.45) is 3.73. The lowest BCUT2D eigenvalue weighted by molar-refractivity contribution is 0.0995. The predicted molar refractivity (Wildman–Crippen MR) is 76.3 cm³/mol. The van der Waals surface area contributed by atoms with Gasteiger partial charge in [-0.3, -0.25) is 4.79 Å². The fraction of sp³-hybridized carbons (Fsp3) is 0.500. The molecule has 1 heterocycles. The lowest BCUT2D eigenvalue weighted by Gasteiger charge is -2.30. The third-order valence-electron chi connectivity index (χ3n) is 4.22. The number of amides is 3. The molecule has 108 valence electrons. The largest absolute Gasteiger partial charge is 0.364 e. The molecule has 0 saturated heterocycles. The van der Waals surface area contributed by atoms with Crippen LogP contribution in [0.5, 0.6) is 0 Å². The van der Waals surface area contributed by atoms with Gasteiger partial charge < -0.3 is 16.0 Å². The summed E-state index contributed by atoms with van der Waals surface area (Å²) in [6.45, 7) is 4.24. The van der Waals surface area contributed by atoms with Gasteiger partial charge in [-0.1, -0.05) is 6.92 Å². The van der Waals surface area contributed by atoms with E-state index in [0.717, 1.165) is 12.8 Å².